The molecule has 0 N–H and O–H groups in total. The Kier molecular flexibility index (Phi) is 3.36. The van der Waals surface area contributed by atoms with Crippen molar-refractivity contribution in [2.24, 2.45) is 0 Å². The summed E-state index contributed by atoms with van der Waals surface area (Å²) in [4.78, 5) is 27.4. The summed E-state index contributed by atoms with van der Waals surface area (Å²) in [6, 6.07) is 7.23. The Labute approximate surface area is 107 Å². The highest BCUT2D eigenvalue weighted by molar-refractivity contribution is 6.16. The van der Waals surface area contributed by atoms with Gasteiger partial charge >= 0.3 is 6.03 Å². The SMILES string of the molecule is CCN1C(=O)N(c2cccc(C)c2)C(=O)CC1C. The molecule has 1 saturated heterocycles. The van der Waals surface area contributed by atoms with Crippen molar-refractivity contribution in [3.05, 3.63) is 29.8 Å². The second-order valence-electron chi connectivity index (χ2n) is 4.69. The van der Waals surface area contributed by atoms with Gasteiger partial charge in [0.05, 0.1) is 5.69 Å². The van der Waals surface area contributed by atoms with Gasteiger partial charge in [0.2, 0.25) is 5.91 Å². The van der Waals surface area contributed by atoms with Gasteiger partial charge in [0, 0.05) is 19.0 Å². The first-order valence-electron chi connectivity index (χ1n) is 6.24. The van der Waals surface area contributed by atoms with E-state index in [2.05, 4.69) is 0 Å². The Morgan fingerprint density at radius 1 is 1.33 bits per heavy atom. The first-order valence-corrected chi connectivity index (χ1v) is 6.24. The summed E-state index contributed by atoms with van der Waals surface area (Å²) in [5, 5.41) is 0. The van der Waals surface area contributed by atoms with Gasteiger partial charge in [0.25, 0.3) is 0 Å². The van der Waals surface area contributed by atoms with E-state index in [9.17, 15) is 9.59 Å². The van der Waals surface area contributed by atoms with Crippen molar-refractivity contribution in [1.29, 1.82) is 0 Å². The Hall–Kier alpha value is -1.84. The minimum atomic E-state index is -0.216. The number of imide groups is 1. The monoisotopic (exact) mass is 246 g/mol. The molecule has 1 atom stereocenters. The molecule has 1 fully saturated rings. The van der Waals surface area contributed by atoms with Crippen LogP contribution in [0.25, 0.3) is 0 Å². The van der Waals surface area contributed by atoms with E-state index in [-0.39, 0.29) is 18.0 Å². The highest BCUT2D eigenvalue weighted by atomic mass is 16.2. The molecular weight excluding hydrogens is 228 g/mol. The summed E-state index contributed by atoms with van der Waals surface area (Å²) in [5.74, 6) is -0.122. The van der Waals surface area contributed by atoms with Crippen LogP contribution in [0.2, 0.25) is 0 Å². The van der Waals surface area contributed by atoms with Gasteiger partial charge in [-0.05, 0) is 38.5 Å². The average Bonchev–Trinajstić information content (AvgIpc) is 2.28. The number of carbonyl (C=O) groups excluding carboxylic acids is 2. The highest BCUT2D eigenvalue weighted by Gasteiger charge is 2.36. The van der Waals surface area contributed by atoms with Gasteiger partial charge in [0.15, 0.2) is 0 Å². The normalized spacial score (nSPS) is 20.5. The molecule has 4 nitrogen and oxygen atoms in total. The topological polar surface area (TPSA) is 40.6 Å². The number of hydrogen-bond donors (Lipinski definition) is 0. The van der Waals surface area contributed by atoms with E-state index in [1.54, 1.807) is 11.0 Å². The molecule has 1 aliphatic rings. The molecule has 1 aromatic carbocycles. The van der Waals surface area contributed by atoms with Crippen LogP contribution < -0.4 is 4.90 Å². The molecule has 0 aliphatic carbocycles. The maximum atomic E-state index is 12.3. The number of aryl methyl sites for hydroxylation is 1. The fourth-order valence-electron chi connectivity index (χ4n) is 2.35. The van der Waals surface area contributed by atoms with E-state index in [1.165, 1.54) is 4.90 Å². The molecule has 0 radical (unpaired) electrons. The first kappa shape index (κ1) is 12.6. The molecule has 0 bridgehead atoms. The largest absolute Gasteiger partial charge is 0.331 e. The summed E-state index contributed by atoms with van der Waals surface area (Å²) in [7, 11) is 0. The summed E-state index contributed by atoms with van der Waals surface area (Å²) in [6.07, 6.45) is 0.382. The van der Waals surface area contributed by atoms with Crippen LogP contribution in [0.4, 0.5) is 10.5 Å². The lowest BCUT2D eigenvalue weighted by Gasteiger charge is -2.38. The average molecular weight is 246 g/mol. The number of hydrogen-bond acceptors (Lipinski definition) is 2. The van der Waals surface area contributed by atoms with Crippen molar-refractivity contribution >= 4 is 17.6 Å². The van der Waals surface area contributed by atoms with Crippen LogP contribution in [-0.2, 0) is 4.79 Å². The molecule has 1 aromatic rings. The van der Waals surface area contributed by atoms with Crippen molar-refractivity contribution in [3.63, 3.8) is 0 Å². The quantitative estimate of drug-likeness (QED) is 0.804. The lowest BCUT2D eigenvalue weighted by molar-refractivity contribution is -0.120. The van der Waals surface area contributed by atoms with Gasteiger partial charge < -0.3 is 4.90 Å². The smallest absolute Gasteiger partial charge is 0.321 e. The summed E-state index contributed by atoms with van der Waals surface area (Å²) in [6.45, 7) is 6.41. The number of amides is 3. The summed E-state index contributed by atoms with van der Waals surface area (Å²) in [5.41, 5.74) is 1.70. The van der Waals surface area contributed by atoms with Gasteiger partial charge in [-0.3, -0.25) is 4.79 Å². The first-order chi connectivity index (χ1) is 8.54. The molecule has 1 unspecified atom stereocenters. The lowest BCUT2D eigenvalue weighted by atomic mass is 10.1. The maximum Gasteiger partial charge on any atom is 0.331 e. The molecule has 1 heterocycles. The highest BCUT2D eigenvalue weighted by Crippen LogP contribution is 2.24. The fourth-order valence-corrected chi connectivity index (χ4v) is 2.35. The van der Waals surface area contributed by atoms with Gasteiger partial charge in [-0.2, -0.15) is 0 Å². The van der Waals surface area contributed by atoms with Gasteiger partial charge in [-0.25, -0.2) is 9.69 Å². The Bertz CT molecular complexity index is 484. The van der Waals surface area contributed by atoms with E-state index < -0.39 is 0 Å². The zero-order valence-corrected chi connectivity index (χ0v) is 11.0. The number of rotatable bonds is 2. The molecule has 0 spiro atoms. The van der Waals surface area contributed by atoms with E-state index in [0.29, 0.717) is 18.7 Å². The molecule has 18 heavy (non-hydrogen) atoms. The van der Waals surface area contributed by atoms with E-state index in [0.717, 1.165) is 5.56 Å². The molecule has 4 heteroatoms. The fraction of sp³-hybridized carbons (Fsp3) is 0.429. The number of urea groups is 1. The minimum Gasteiger partial charge on any atom is -0.321 e. The van der Waals surface area contributed by atoms with Crippen LogP contribution >= 0.6 is 0 Å². The molecule has 0 aromatic heterocycles. The second kappa shape index (κ2) is 4.80. The van der Waals surface area contributed by atoms with Crippen LogP contribution in [0.1, 0.15) is 25.8 Å². The van der Waals surface area contributed by atoms with Crippen molar-refractivity contribution in [2.75, 3.05) is 11.4 Å². The zero-order chi connectivity index (χ0) is 13.3. The van der Waals surface area contributed by atoms with Crippen molar-refractivity contribution in [3.8, 4) is 0 Å². The van der Waals surface area contributed by atoms with Crippen LogP contribution in [0.3, 0.4) is 0 Å². The summed E-state index contributed by atoms with van der Waals surface area (Å²) >= 11 is 0. The molecule has 96 valence electrons. The van der Waals surface area contributed by atoms with Crippen LogP contribution in [0.5, 0.6) is 0 Å². The molecule has 1 aliphatic heterocycles. The zero-order valence-electron chi connectivity index (χ0n) is 11.0. The molecule has 0 saturated carbocycles. The van der Waals surface area contributed by atoms with Crippen LogP contribution in [0.15, 0.2) is 24.3 Å². The Morgan fingerprint density at radius 3 is 2.67 bits per heavy atom. The van der Waals surface area contributed by atoms with E-state index in [4.69, 9.17) is 0 Å². The molecule has 2 rings (SSSR count). The van der Waals surface area contributed by atoms with E-state index >= 15 is 0 Å². The molecule has 3 amide bonds. The van der Waals surface area contributed by atoms with Crippen molar-refractivity contribution in [2.45, 2.75) is 33.2 Å². The predicted molar refractivity (Wildman–Crippen MR) is 70.5 cm³/mol. The third-order valence-corrected chi connectivity index (χ3v) is 3.29. The second-order valence-corrected chi connectivity index (χ2v) is 4.69. The third kappa shape index (κ3) is 2.10. The van der Waals surface area contributed by atoms with Gasteiger partial charge in [-0.15, -0.1) is 0 Å². The van der Waals surface area contributed by atoms with Crippen molar-refractivity contribution in [1.82, 2.24) is 4.90 Å². The number of benzene rings is 1. The minimum absolute atomic E-state index is 0.0175. The van der Waals surface area contributed by atoms with Crippen LogP contribution in [-0.4, -0.2) is 29.4 Å². The maximum absolute atomic E-state index is 12.3. The third-order valence-electron chi connectivity index (χ3n) is 3.29. The van der Waals surface area contributed by atoms with E-state index in [1.807, 2.05) is 39.0 Å². The summed E-state index contributed by atoms with van der Waals surface area (Å²) < 4.78 is 0. The number of carbonyl (C=O) groups is 2. The van der Waals surface area contributed by atoms with Gasteiger partial charge in [-0.1, -0.05) is 12.1 Å². The number of nitrogens with zero attached hydrogens (tertiary/aromatic N) is 2. The molecular formula is C14H18N2O2. The predicted octanol–water partition coefficient (Wildman–Crippen LogP) is 2.56. The standard InChI is InChI=1S/C14H18N2O2/c1-4-15-11(3)9-13(17)16(14(15)18)12-7-5-6-10(2)8-12/h5-8,11H,4,9H2,1-3H3. The Balaban J connectivity index is 2.37. The van der Waals surface area contributed by atoms with Gasteiger partial charge in [0.1, 0.15) is 0 Å². The number of anilines is 1. The Morgan fingerprint density at radius 2 is 2.06 bits per heavy atom. The van der Waals surface area contributed by atoms with Crippen molar-refractivity contribution < 1.29 is 9.59 Å². The lowest BCUT2D eigenvalue weighted by Crippen LogP contribution is -2.56. The van der Waals surface area contributed by atoms with Crippen LogP contribution in [0, 0.1) is 6.92 Å².